The van der Waals surface area contributed by atoms with E-state index < -0.39 is 21.1 Å². The van der Waals surface area contributed by atoms with E-state index in [2.05, 4.69) is 0 Å². The van der Waals surface area contributed by atoms with Gasteiger partial charge in [0, 0.05) is 17.0 Å². The summed E-state index contributed by atoms with van der Waals surface area (Å²) in [5.41, 5.74) is 1.29. The number of carboxylic acid groups (broad SMARTS) is 1. The van der Waals surface area contributed by atoms with E-state index >= 15 is 0 Å². The molecule has 1 atom stereocenters. The molecule has 1 aliphatic heterocycles. The maximum Gasteiger partial charge on any atom is 0.321 e. The number of sulfone groups is 1. The molecule has 0 saturated carbocycles. The van der Waals surface area contributed by atoms with Crippen LogP contribution in [0, 0.1) is 0 Å². The Balaban J connectivity index is 2.37. The first kappa shape index (κ1) is 14.1. The fourth-order valence-electron chi connectivity index (χ4n) is 1.95. The molecule has 0 bridgehead atoms. The third-order valence-corrected chi connectivity index (χ3v) is 5.28. The van der Waals surface area contributed by atoms with E-state index in [1.54, 1.807) is 6.07 Å². The molecule has 0 amide bonds. The second-order valence-corrected chi connectivity index (χ2v) is 7.20. The molecule has 1 heterocycles. The molecule has 5 nitrogen and oxygen atoms in total. The van der Waals surface area contributed by atoms with Gasteiger partial charge in [0.25, 0.3) is 0 Å². The summed E-state index contributed by atoms with van der Waals surface area (Å²) in [6.45, 7) is 1.64. The molecule has 1 aliphatic rings. The zero-order chi connectivity index (χ0) is 14.2. The minimum absolute atomic E-state index is 0.386. The topological polar surface area (TPSA) is 80.7 Å². The highest BCUT2D eigenvalue weighted by Gasteiger charge is 2.30. The maximum absolute atomic E-state index is 12.0. The zero-order valence-corrected chi connectivity index (χ0v) is 11.8. The second kappa shape index (κ2) is 5.02. The number of carboxylic acids is 1. The first-order valence-electron chi connectivity index (χ1n) is 5.70. The predicted octanol–water partition coefficient (Wildman–Crippen LogP) is 1.66. The summed E-state index contributed by atoms with van der Waals surface area (Å²) >= 11 is 5.93. The lowest BCUT2D eigenvalue weighted by Crippen LogP contribution is -2.28. The summed E-state index contributed by atoms with van der Waals surface area (Å²) in [7, 11) is -3.79. The molecule has 104 valence electrons. The number of carbonyl (C=O) groups is 1. The average molecular weight is 305 g/mol. The lowest BCUT2D eigenvalue weighted by atomic mass is 10.1. The molecule has 1 N–H and O–H groups in total. The van der Waals surface area contributed by atoms with Gasteiger partial charge in [-0.15, -0.1) is 0 Å². The van der Waals surface area contributed by atoms with E-state index in [-0.39, 0.29) is 5.75 Å². The van der Waals surface area contributed by atoms with Gasteiger partial charge in [-0.3, -0.25) is 4.79 Å². The summed E-state index contributed by atoms with van der Waals surface area (Å²) in [5, 5.41) is 7.78. The standard InChI is InChI=1S/C12H13ClO5S/c1-7(12(14)15)19(16,17)6-9-5-10(13)4-8-2-3-18-11(8)9/h4-5,7H,2-3,6H2,1H3,(H,14,15). The minimum Gasteiger partial charge on any atom is -0.493 e. The third-order valence-electron chi connectivity index (χ3n) is 3.07. The fourth-order valence-corrected chi connectivity index (χ4v) is 3.42. The number of hydrogen-bond acceptors (Lipinski definition) is 4. The van der Waals surface area contributed by atoms with Gasteiger partial charge in [0.1, 0.15) is 5.75 Å². The number of fused-ring (bicyclic) bond motifs is 1. The van der Waals surface area contributed by atoms with Crippen molar-refractivity contribution in [3.63, 3.8) is 0 Å². The first-order valence-corrected chi connectivity index (χ1v) is 7.79. The number of aliphatic carboxylic acids is 1. The molecule has 19 heavy (non-hydrogen) atoms. The van der Waals surface area contributed by atoms with Gasteiger partial charge in [-0.25, -0.2) is 8.42 Å². The Hall–Kier alpha value is -1.27. The van der Waals surface area contributed by atoms with Crippen molar-refractivity contribution in [3.8, 4) is 5.75 Å². The number of hydrogen-bond donors (Lipinski definition) is 1. The fraction of sp³-hybridized carbons (Fsp3) is 0.417. The van der Waals surface area contributed by atoms with Crippen LogP contribution in [0.4, 0.5) is 0 Å². The van der Waals surface area contributed by atoms with E-state index in [1.165, 1.54) is 6.07 Å². The molecule has 1 aromatic carbocycles. The third kappa shape index (κ3) is 2.84. The summed E-state index contributed by atoms with van der Waals surface area (Å²) in [6.07, 6.45) is 0.678. The summed E-state index contributed by atoms with van der Waals surface area (Å²) < 4.78 is 29.3. The average Bonchev–Trinajstić information content (AvgIpc) is 2.75. The quantitative estimate of drug-likeness (QED) is 0.915. The van der Waals surface area contributed by atoms with Crippen molar-refractivity contribution >= 4 is 27.4 Å². The Bertz CT molecular complexity index is 623. The minimum atomic E-state index is -3.79. The molecular formula is C12H13ClO5S. The van der Waals surface area contributed by atoms with Crippen molar-refractivity contribution in [3.05, 3.63) is 28.3 Å². The van der Waals surface area contributed by atoms with Crippen LogP contribution in [0.25, 0.3) is 0 Å². The summed E-state index contributed by atoms with van der Waals surface area (Å²) in [5.74, 6) is -1.23. The monoisotopic (exact) mass is 304 g/mol. The largest absolute Gasteiger partial charge is 0.493 e. The number of halogens is 1. The predicted molar refractivity (Wildman–Crippen MR) is 70.4 cm³/mol. The van der Waals surface area contributed by atoms with Crippen molar-refractivity contribution in [2.45, 2.75) is 24.3 Å². The Morgan fingerprint density at radius 1 is 1.53 bits per heavy atom. The van der Waals surface area contributed by atoms with Gasteiger partial charge >= 0.3 is 5.97 Å². The van der Waals surface area contributed by atoms with Crippen LogP contribution in [-0.4, -0.2) is 31.4 Å². The highest BCUT2D eigenvalue weighted by molar-refractivity contribution is 7.92. The number of benzene rings is 1. The van der Waals surface area contributed by atoms with Gasteiger partial charge in [0.15, 0.2) is 15.1 Å². The van der Waals surface area contributed by atoms with Crippen molar-refractivity contribution in [2.24, 2.45) is 0 Å². The normalized spacial score (nSPS) is 15.7. The van der Waals surface area contributed by atoms with Crippen molar-refractivity contribution in [1.29, 1.82) is 0 Å². The zero-order valence-electron chi connectivity index (χ0n) is 10.2. The van der Waals surface area contributed by atoms with Gasteiger partial charge < -0.3 is 9.84 Å². The molecule has 2 rings (SSSR count). The molecule has 0 radical (unpaired) electrons. The Labute approximate surface area is 116 Å². The molecule has 1 unspecified atom stereocenters. The molecule has 1 aromatic rings. The molecule has 7 heteroatoms. The van der Waals surface area contributed by atoms with Crippen LogP contribution >= 0.6 is 11.6 Å². The van der Waals surface area contributed by atoms with Crippen molar-refractivity contribution < 1.29 is 23.1 Å². The highest BCUT2D eigenvalue weighted by atomic mass is 35.5. The number of ether oxygens (including phenoxy) is 1. The lowest BCUT2D eigenvalue weighted by molar-refractivity contribution is -0.136. The van der Waals surface area contributed by atoms with Crippen LogP contribution < -0.4 is 4.74 Å². The van der Waals surface area contributed by atoms with Gasteiger partial charge in [-0.05, 0) is 24.6 Å². The Morgan fingerprint density at radius 3 is 2.84 bits per heavy atom. The lowest BCUT2D eigenvalue weighted by Gasteiger charge is -2.12. The van der Waals surface area contributed by atoms with Gasteiger partial charge in [0.05, 0.1) is 12.4 Å². The molecular weight excluding hydrogens is 292 g/mol. The van der Waals surface area contributed by atoms with Crippen LogP contribution in [0.2, 0.25) is 5.02 Å². The molecule has 0 spiro atoms. The van der Waals surface area contributed by atoms with Gasteiger partial charge in [0.2, 0.25) is 0 Å². The molecule has 0 aliphatic carbocycles. The SMILES string of the molecule is CC(C(=O)O)S(=O)(=O)Cc1cc(Cl)cc2c1OCC2. The van der Waals surface area contributed by atoms with E-state index in [0.29, 0.717) is 29.4 Å². The van der Waals surface area contributed by atoms with Crippen LogP contribution in [0.15, 0.2) is 12.1 Å². The van der Waals surface area contributed by atoms with Crippen LogP contribution in [0.1, 0.15) is 18.1 Å². The highest BCUT2D eigenvalue weighted by Crippen LogP contribution is 2.34. The van der Waals surface area contributed by atoms with Crippen LogP contribution in [-0.2, 0) is 26.8 Å². The van der Waals surface area contributed by atoms with Crippen LogP contribution in [0.3, 0.4) is 0 Å². The summed E-state index contributed by atoms with van der Waals surface area (Å²) in [4.78, 5) is 10.8. The van der Waals surface area contributed by atoms with E-state index in [0.717, 1.165) is 12.5 Å². The molecule has 0 saturated heterocycles. The summed E-state index contributed by atoms with van der Waals surface area (Å²) in [6, 6.07) is 3.25. The second-order valence-electron chi connectivity index (χ2n) is 4.44. The van der Waals surface area contributed by atoms with E-state index in [4.69, 9.17) is 21.4 Å². The Morgan fingerprint density at radius 2 is 2.21 bits per heavy atom. The van der Waals surface area contributed by atoms with E-state index in [1.807, 2.05) is 0 Å². The van der Waals surface area contributed by atoms with Crippen molar-refractivity contribution in [2.75, 3.05) is 6.61 Å². The smallest absolute Gasteiger partial charge is 0.321 e. The first-order chi connectivity index (χ1) is 8.81. The Kier molecular flexibility index (Phi) is 3.73. The maximum atomic E-state index is 12.0. The van der Waals surface area contributed by atoms with E-state index in [9.17, 15) is 13.2 Å². The van der Waals surface area contributed by atoms with Gasteiger partial charge in [-0.2, -0.15) is 0 Å². The van der Waals surface area contributed by atoms with Crippen LogP contribution in [0.5, 0.6) is 5.75 Å². The number of rotatable bonds is 4. The van der Waals surface area contributed by atoms with Crippen molar-refractivity contribution in [1.82, 2.24) is 0 Å². The van der Waals surface area contributed by atoms with Gasteiger partial charge in [-0.1, -0.05) is 11.6 Å². The molecule has 0 aromatic heterocycles. The molecule has 0 fully saturated rings.